The molecule has 0 radical (unpaired) electrons. The van der Waals surface area contributed by atoms with Crippen molar-refractivity contribution in [2.75, 3.05) is 27.1 Å². The van der Waals surface area contributed by atoms with Crippen LogP contribution in [0.1, 0.15) is 41.3 Å². The van der Waals surface area contributed by atoms with E-state index < -0.39 is 12.0 Å². The Morgan fingerprint density at radius 3 is 2.47 bits per heavy atom. The molecule has 0 unspecified atom stereocenters. The third-order valence-electron chi connectivity index (χ3n) is 6.18. The van der Waals surface area contributed by atoms with E-state index in [9.17, 15) is 15.0 Å². The minimum Gasteiger partial charge on any atom is -0.507 e. The van der Waals surface area contributed by atoms with Crippen LogP contribution in [-0.4, -0.2) is 48.1 Å². The molecule has 3 aromatic carbocycles. The van der Waals surface area contributed by atoms with Crippen molar-refractivity contribution in [1.29, 1.82) is 0 Å². The van der Waals surface area contributed by atoms with Gasteiger partial charge >= 0.3 is 5.97 Å². The van der Waals surface area contributed by atoms with Gasteiger partial charge in [-0.25, -0.2) is 0 Å². The van der Waals surface area contributed by atoms with Crippen LogP contribution in [0.5, 0.6) is 28.7 Å². The van der Waals surface area contributed by atoms with Gasteiger partial charge in [0.2, 0.25) is 6.79 Å². The van der Waals surface area contributed by atoms with Gasteiger partial charge in [-0.05, 0) is 60.0 Å². The summed E-state index contributed by atoms with van der Waals surface area (Å²) in [5.74, 6) is 1.53. The van der Waals surface area contributed by atoms with Crippen molar-refractivity contribution in [3.63, 3.8) is 0 Å². The summed E-state index contributed by atoms with van der Waals surface area (Å²) in [4.78, 5) is 13.9. The summed E-state index contributed by atoms with van der Waals surface area (Å²) in [6.45, 7) is 2.32. The molecule has 0 aromatic heterocycles. The Balaban J connectivity index is 1.70. The Morgan fingerprint density at radius 2 is 1.74 bits per heavy atom. The van der Waals surface area contributed by atoms with Crippen LogP contribution in [0, 0.1) is 0 Å². The largest absolute Gasteiger partial charge is 0.507 e. The van der Waals surface area contributed by atoms with Gasteiger partial charge in [0, 0.05) is 11.6 Å². The molecular weight excluding hydrogens is 438 g/mol. The van der Waals surface area contributed by atoms with Gasteiger partial charge in [-0.15, -0.1) is 0 Å². The molecule has 0 aliphatic carbocycles. The lowest BCUT2D eigenvalue weighted by Crippen LogP contribution is -2.33. The number of methoxy groups -OCH3 is 1. The lowest BCUT2D eigenvalue weighted by Gasteiger charge is -2.30. The van der Waals surface area contributed by atoms with E-state index in [0.717, 1.165) is 16.7 Å². The van der Waals surface area contributed by atoms with Crippen molar-refractivity contribution in [2.24, 2.45) is 0 Å². The lowest BCUT2D eigenvalue weighted by atomic mass is 9.94. The predicted molar refractivity (Wildman–Crippen MR) is 123 cm³/mol. The maximum atomic E-state index is 12.0. The molecule has 2 N–H and O–H groups in total. The fraction of sp³-hybridized carbons (Fsp3) is 0.269. The van der Waals surface area contributed by atoms with Gasteiger partial charge in [-0.1, -0.05) is 12.1 Å². The minimum atomic E-state index is -0.971. The molecule has 2 aliphatic heterocycles. The molecule has 3 aromatic rings. The number of aliphatic carboxylic acids is 1. The van der Waals surface area contributed by atoms with E-state index in [1.165, 1.54) is 13.2 Å². The number of ether oxygens (including phenoxy) is 4. The minimum absolute atomic E-state index is 0.0267. The van der Waals surface area contributed by atoms with Gasteiger partial charge in [0.1, 0.15) is 17.2 Å². The van der Waals surface area contributed by atoms with Crippen molar-refractivity contribution in [1.82, 2.24) is 4.90 Å². The van der Waals surface area contributed by atoms with Crippen LogP contribution in [0.15, 0.2) is 54.6 Å². The number of aromatic hydroxyl groups is 1. The summed E-state index contributed by atoms with van der Waals surface area (Å²) in [6, 6.07) is 15.6. The molecule has 2 aliphatic rings. The highest BCUT2D eigenvalue weighted by atomic mass is 16.7. The smallest absolute Gasteiger partial charge is 0.317 e. The van der Waals surface area contributed by atoms with E-state index in [1.54, 1.807) is 12.1 Å². The summed E-state index contributed by atoms with van der Waals surface area (Å²) < 4.78 is 22.0. The molecule has 2 heterocycles. The number of hydrogen-bond acceptors (Lipinski definition) is 7. The monoisotopic (exact) mass is 463 g/mol. The van der Waals surface area contributed by atoms with Crippen LogP contribution < -0.4 is 18.9 Å². The van der Waals surface area contributed by atoms with Crippen LogP contribution in [0.25, 0.3) is 0 Å². The van der Waals surface area contributed by atoms with Crippen molar-refractivity contribution < 1.29 is 34.0 Å². The van der Waals surface area contributed by atoms with Crippen molar-refractivity contribution in [3.05, 3.63) is 76.9 Å². The SMILES string of the molecule is CCOc1ccc2c(c1)[C@H](c1ccc(OC)cc1O)N(CC(=O)O)[C@@H]2c1ccc2c(c1)OCO2. The molecule has 0 fully saturated rings. The number of carboxylic acid groups (broad SMARTS) is 1. The highest BCUT2D eigenvalue weighted by molar-refractivity contribution is 5.70. The molecule has 0 saturated carbocycles. The first kappa shape index (κ1) is 21.9. The Morgan fingerprint density at radius 1 is 0.971 bits per heavy atom. The summed E-state index contributed by atoms with van der Waals surface area (Å²) in [6.07, 6.45) is 0. The molecule has 176 valence electrons. The third-order valence-corrected chi connectivity index (χ3v) is 6.18. The molecule has 5 rings (SSSR count). The lowest BCUT2D eigenvalue weighted by molar-refractivity contribution is -0.139. The average molecular weight is 463 g/mol. The fourth-order valence-electron chi connectivity index (χ4n) is 4.82. The first-order valence-electron chi connectivity index (χ1n) is 11.0. The molecule has 0 bridgehead atoms. The number of nitrogens with zero attached hydrogens (tertiary/aromatic N) is 1. The summed E-state index contributed by atoms with van der Waals surface area (Å²) in [5.41, 5.74) is 3.26. The number of fused-ring (bicyclic) bond motifs is 2. The van der Waals surface area contributed by atoms with Gasteiger partial charge in [0.05, 0.1) is 32.3 Å². The number of phenolic OH excluding ortho intramolecular Hbond substituents is 1. The van der Waals surface area contributed by atoms with E-state index >= 15 is 0 Å². The van der Waals surface area contributed by atoms with Crippen molar-refractivity contribution >= 4 is 5.97 Å². The number of carboxylic acids is 1. The number of rotatable bonds is 7. The van der Waals surface area contributed by atoms with Crippen LogP contribution in [-0.2, 0) is 4.79 Å². The highest BCUT2D eigenvalue weighted by Gasteiger charge is 2.42. The van der Waals surface area contributed by atoms with Gasteiger partial charge in [0.25, 0.3) is 0 Å². The van der Waals surface area contributed by atoms with Crippen molar-refractivity contribution in [2.45, 2.75) is 19.0 Å². The van der Waals surface area contributed by atoms with E-state index in [4.69, 9.17) is 18.9 Å². The Kier molecular flexibility index (Phi) is 5.67. The molecule has 34 heavy (non-hydrogen) atoms. The van der Waals surface area contributed by atoms with Gasteiger partial charge < -0.3 is 29.2 Å². The zero-order chi connectivity index (χ0) is 23.8. The van der Waals surface area contributed by atoms with E-state index in [2.05, 4.69) is 0 Å². The third kappa shape index (κ3) is 3.76. The van der Waals surface area contributed by atoms with E-state index in [0.29, 0.717) is 35.2 Å². The van der Waals surface area contributed by atoms with E-state index in [-0.39, 0.29) is 25.1 Å². The van der Waals surface area contributed by atoms with Gasteiger partial charge in [-0.3, -0.25) is 9.69 Å². The molecule has 8 heteroatoms. The van der Waals surface area contributed by atoms with Crippen LogP contribution in [0.4, 0.5) is 0 Å². The van der Waals surface area contributed by atoms with Crippen LogP contribution >= 0.6 is 0 Å². The van der Waals surface area contributed by atoms with Gasteiger partial charge in [-0.2, -0.15) is 0 Å². The Bertz CT molecular complexity index is 1240. The zero-order valence-corrected chi connectivity index (χ0v) is 18.9. The molecule has 0 spiro atoms. The van der Waals surface area contributed by atoms with E-state index in [1.807, 2.05) is 48.2 Å². The Labute approximate surface area is 196 Å². The van der Waals surface area contributed by atoms with Crippen LogP contribution in [0.3, 0.4) is 0 Å². The summed E-state index contributed by atoms with van der Waals surface area (Å²) in [5, 5.41) is 20.7. The predicted octanol–water partition coefficient (Wildman–Crippen LogP) is 4.11. The first-order valence-corrected chi connectivity index (χ1v) is 11.0. The number of benzene rings is 3. The highest BCUT2D eigenvalue weighted by Crippen LogP contribution is 2.52. The molecule has 8 nitrogen and oxygen atoms in total. The normalized spacial score (nSPS) is 18.5. The standard InChI is InChI=1S/C26H25NO7/c1-3-32-17-6-7-18-20(11-17)26(19-8-5-16(31-2)12-21(19)28)27(13-24(29)30)25(18)15-4-9-22-23(10-15)34-14-33-22/h4-12,25-26,28H,3,13-14H2,1-2H3,(H,29,30)/t25-,26+/m1/s1. The molecule has 0 amide bonds. The average Bonchev–Trinajstić information content (AvgIpc) is 3.40. The first-order chi connectivity index (χ1) is 16.5. The van der Waals surface area contributed by atoms with Crippen LogP contribution in [0.2, 0.25) is 0 Å². The zero-order valence-electron chi connectivity index (χ0n) is 18.9. The second-order valence-corrected chi connectivity index (χ2v) is 8.13. The second-order valence-electron chi connectivity index (χ2n) is 8.13. The van der Waals surface area contributed by atoms with Crippen molar-refractivity contribution in [3.8, 4) is 28.7 Å². The summed E-state index contributed by atoms with van der Waals surface area (Å²) in [7, 11) is 1.53. The summed E-state index contributed by atoms with van der Waals surface area (Å²) >= 11 is 0. The number of phenols is 1. The molecule has 2 atom stereocenters. The maximum absolute atomic E-state index is 12.0. The Hall–Kier alpha value is -3.91. The second kappa shape index (κ2) is 8.79. The number of carbonyl (C=O) groups is 1. The fourth-order valence-corrected chi connectivity index (χ4v) is 4.82. The quantitative estimate of drug-likeness (QED) is 0.540. The maximum Gasteiger partial charge on any atom is 0.317 e. The molecular formula is C26H25NO7. The van der Waals surface area contributed by atoms with Gasteiger partial charge in [0.15, 0.2) is 11.5 Å². The molecule has 0 saturated heterocycles. The topological polar surface area (TPSA) is 97.7 Å². The number of hydrogen-bond donors (Lipinski definition) is 2.